The molecule has 0 radical (unpaired) electrons. The number of carbonyl (C=O) groups is 1. The molecular formula is C15H14FN3O3. The van der Waals surface area contributed by atoms with Crippen molar-refractivity contribution in [3.63, 3.8) is 0 Å². The zero-order valence-corrected chi connectivity index (χ0v) is 11.8. The molecule has 22 heavy (non-hydrogen) atoms. The average molecular weight is 303 g/mol. The zero-order chi connectivity index (χ0) is 16.3. The highest BCUT2D eigenvalue weighted by Gasteiger charge is 2.16. The molecule has 0 saturated heterocycles. The molecule has 2 aromatic rings. The smallest absolute Gasteiger partial charge is 0.275 e. The van der Waals surface area contributed by atoms with Gasteiger partial charge in [0.2, 0.25) is 5.91 Å². The van der Waals surface area contributed by atoms with Gasteiger partial charge in [-0.25, -0.2) is 4.39 Å². The number of halogens is 1. The maximum Gasteiger partial charge on any atom is 0.275 e. The number of rotatable bonds is 5. The number of nitro benzene ring substituents is 1. The zero-order valence-electron chi connectivity index (χ0n) is 11.8. The van der Waals surface area contributed by atoms with E-state index >= 15 is 0 Å². The first kappa shape index (κ1) is 15.4. The van der Waals surface area contributed by atoms with Crippen molar-refractivity contribution in [2.45, 2.75) is 13.5 Å². The van der Waals surface area contributed by atoms with E-state index in [1.807, 2.05) is 0 Å². The summed E-state index contributed by atoms with van der Waals surface area (Å²) >= 11 is 0. The molecular weight excluding hydrogens is 289 g/mol. The number of nitrogens with one attached hydrogen (secondary N) is 1. The van der Waals surface area contributed by atoms with Gasteiger partial charge >= 0.3 is 0 Å². The summed E-state index contributed by atoms with van der Waals surface area (Å²) < 4.78 is 13.7. The van der Waals surface area contributed by atoms with Crippen LogP contribution >= 0.6 is 0 Å². The van der Waals surface area contributed by atoms with Gasteiger partial charge in [-0.2, -0.15) is 0 Å². The number of carbonyl (C=O) groups excluding carboxylic acids is 1. The van der Waals surface area contributed by atoms with Crippen molar-refractivity contribution in [1.82, 2.24) is 0 Å². The van der Waals surface area contributed by atoms with Crippen LogP contribution in [0.3, 0.4) is 0 Å². The minimum absolute atomic E-state index is 0.0509. The number of nitro groups is 1. The molecule has 0 heterocycles. The lowest BCUT2D eigenvalue weighted by atomic mass is 10.1. The molecule has 0 bridgehead atoms. The van der Waals surface area contributed by atoms with Gasteiger partial charge in [-0.15, -0.1) is 0 Å². The third kappa shape index (κ3) is 3.38. The van der Waals surface area contributed by atoms with E-state index in [-0.39, 0.29) is 23.5 Å². The van der Waals surface area contributed by atoms with Crippen LogP contribution in [-0.4, -0.2) is 10.8 Å². The van der Waals surface area contributed by atoms with E-state index in [1.54, 1.807) is 19.1 Å². The second-order valence-corrected chi connectivity index (χ2v) is 4.80. The number of aryl methyl sites for hydroxylation is 1. The number of primary amides is 1. The minimum atomic E-state index is -0.743. The first-order valence-electron chi connectivity index (χ1n) is 6.45. The second kappa shape index (κ2) is 6.21. The molecule has 0 spiro atoms. The number of hydrogen-bond acceptors (Lipinski definition) is 4. The number of amides is 1. The fraction of sp³-hybridized carbons (Fsp3) is 0.133. The van der Waals surface area contributed by atoms with Crippen LogP contribution < -0.4 is 11.1 Å². The topological polar surface area (TPSA) is 98.3 Å². The van der Waals surface area contributed by atoms with Crippen LogP contribution in [-0.2, 0) is 6.54 Å². The van der Waals surface area contributed by atoms with Crippen LogP contribution in [0.1, 0.15) is 21.5 Å². The van der Waals surface area contributed by atoms with Gasteiger partial charge in [-0.05, 0) is 36.8 Å². The molecule has 0 unspecified atom stereocenters. The molecule has 1 amide bonds. The van der Waals surface area contributed by atoms with E-state index in [2.05, 4.69) is 5.32 Å². The first-order valence-corrected chi connectivity index (χ1v) is 6.45. The van der Waals surface area contributed by atoms with E-state index in [4.69, 9.17) is 5.73 Å². The molecule has 114 valence electrons. The summed E-state index contributed by atoms with van der Waals surface area (Å²) in [5.74, 6) is -1.18. The van der Waals surface area contributed by atoms with Crippen molar-refractivity contribution < 1.29 is 14.1 Å². The largest absolute Gasteiger partial charge is 0.378 e. The second-order valence-electron chi connectivity index (χ2n) is 4.80. The first-order chi connectivity index (χ1) is 10.4. The van der Waals surface area contributed by atoms with Crippen LogP contribution in [0.4, 0.5) is 15.8 Å². The molecule has 0 aliphatic carbocycles. The molecule has 0 atom stereocenters. The van der Waals surface area contributed by atoms with E-state index in [1.165, 1.54) is 18.2 Å². The third-order valence-electron chi connectivity index (χ3n) is 3.16. The Bertz CT molecular complexity index is 747. The molecule has 0 fully saturated rings. The van der Waals surface area contributed by atoms with Crippen LogP contribution in [0, 0.1) is 22.9 Å². The molecule has 3 N–H and O–H groups in total. The Labute approximate surface area is 125 Å². The molecule has 0 saturated carbocycles. The molecule has 0 aliphatic heterocycles. The number of hydrogen-bond donors (Lipinski definition) is 2. The van der Waals surface area contributed by atoms with Gasteiger partial charge in [0.25, 0.3) is 5.69 Å². The average Bonchev–Trinajstić information content (AvgIpc) is 2.46. The Kier molecular flexibility index (Phi) is 4.36. The lowest BCUT2D eigenvalue weighted by Crippen LogP contribution is -2.12. The van der Waals surface area contributed by atoms with Crippen LogP contribution in [0.15, 0.2) is 36.4 Å². The van der Waals surface area contributed by atoms with Crippen LogP contribution in [0.5, 0.6) is 0 Å². The van der Waals surface area contributed by atoms with Gasteiger partial charge in [-0.3, -0.25) is 14.9 Å². The van der Waals surface area contributed by atoms with E-state index in [0.717, 1.165) is 11.6 Å². The van der Waals surface area contributed by atoms with Gasteiger partial charge in [0, 0.05) is 23.7 Å². The Hall–Kier alpha value is -2.96. The van der Waals surface area contributed by atoms with Crippen molar-refractivity contribution in [2.75, 3.05) is 5.32 Å². The Morgan fingerprint density at radius 2 is 2.05 bits per heavy atom. The summed E-state index contributed by atoms with van der Waals surface area (Å²) in [4.78, 5) is 21.5. The highest BCUT2D eigenvalue weighted by Crippen LogP contribution is 2.23. The van der Waals surface area contributed by atoms with Crippen molar-refractivity contribution in [1.29, 1.82) is 0 Å². The monoisotopic (exact) mass is 303 g/mol. The quantitative estimate of drug-likeness (QED) is 0.655. The summed E-state index contributed by atoms with van der Waals surface area (Å²) in [6.07, 6.45) is 0. The molecule has 2 aromatic carbocycles. The number of benzene rings is 2. The van der Waals surface area contributed by atoms with Gasteiger partial charge in [0.05, 0.1) is 10.6 Å². The van der Waals surface area contributed by atoms with E-state index < -0.39 is 16.6 Å². The summed E-state index contributed by atoms with van der Waals surface area (Å²) in [5, 5.41) is 13.9. The number of nitrogens with two attached hydrogens (primary N) is 1. The fourth-order valence-corrected chi connectivity index (χ4v) is 1.99. The molecule has 0 aromatic heterocycles. The predicted octanol–water partition coefficient (Wildman–Crippen LogP) is 2.75. The standard InChI is InChI=1S/C15H14FN3O3/c1-9-2-5-13(12(16)6-9)18-8-11-4-3-10(15(17)20)7-14(11)19(21)22/h2-7,18H,8H2,1H3,(H2,17,20). The van der Waals surface area contributed by atoms with Gasteiger partial charge in [0.15, 0.2) is 0 Å². The van der Waals surface area contributed by atoms with Crippen LogP contribution in [0.2, 0.25) is 0 Å². The normalized spacial score (nSPS) is 10.3. The molecule has 0 aliphatic rings. The molecule has 2 rings (SSSR count). The summed E-state index contributed by atoms with van der Waals surface area (Å²) in [7, 11) is 0. The summed E-state index contributed by atoms with van der Waals surface area (Å²) in [6.45, 7) is 1.82. The highest BCUT2D eigenvalue weighted by atomic mass is 19.1. The van der Waals surface area contributed by atoms with Crippen LogP contribution in [0.25, 0.3) is 0 Å². The summed E-state index contributed by atoms with van der Waals surface area (Å²) in [5.41, 5.74) is 6.27. The van der Waals surface area contributed by atoms with Crippen molar-refractivity contribution in [3.8, 4) is 0 Å². The van der Waals surface area contributed by atoms with Crippen molar-refractivity contribution in [2.24, 2.45) is 5.73 Å². The Balaban J connectivity index is 2.25. The summed E-state index contributed by atoms with van der Waals surface area (Å²) in [6, 6.07) is 8.61. The minimum Gasteiger partial charge on any atom is -0.378 e. The SMILES string of the molecule is Cc1ccc(NCc2ccc(C(N)=O)cc2[N+](=O)[O-])c(F)c1. The Morgan fingerprint density at radius 1 is 1.32 bits per heavy atom. The van der Waals surface area contributed by atoms with Gasteiger partial charge in [0.1, 0.15) is 5.82 Å². The maximum absolute atomic E-state index is 13.7. The fourth-order valence-electron chi connectivity index (χ4n) is 1.99. The molecule has 6 nitrogen and oxygen atoms in total. The van der Waals surface area contributed by atoms with E-state index in [9.17, 15) is 19.3 Å². The lowest BCUT2D eigenvalue weighted by Gasteiger charge is -2.09. The Morgan fingerprint density at radius 3 is 2.64 bits per heavy atom. The van der Waals surface area contributed by atoms with Crippen molar-refractivity contribution >= 4 is 17.3 Å². The van der Waals surface area contributed by atoms with E-state index in [0.29, 0.717) is 5.56 Å². The predicted molar refractivity (Wildman–Crippen MR) is 80.1 cm³/mol. The maximum atomic E-state index is 13.7. The van der Waals surface area contributed by atoms with Gasteiger partial charge in [-0.1, -0.05) is 6.07 Å². The van der Waals surface area contributed by atoms with Crippen molar-refractivity contribution in [3.05, 3.63) is 69.0 Å². The number of anilines is 1. The third-order valence-corrected chi connectivity index (χ3v) is 3.16. The highest BCUT2D eigenvalue weighted by molar-refractivity contribution is 5.93. The molecule has 7 heteroatoms. The van der Waals surface area contributed by atoms with Gasteiger partial charge < -0.3 is 11.1 Å². The number of nitrogens with zero attached hydrogens (tertiary/aromatic N) is 1. The lowest BCUT2D eigenvalue weighted by molar-refractivity contribution is -0.385.